The van der Waals surface area contributed by atoms with Gasteiger partial charge in [0.15, 0.2) is 10.7 Å². The fourth-order valence-corrected chi connectivity index (χ4v) is 3.42. The number of aromatic nitrogens is 1. The molecular formula is C22H15Cl2N3O3S. The van der Waals surface area contributed by atoms with Gasteiger partial charge in [-0.1, -0.05) is 29.3 Å². The summed E-state index contributed by atoms with van der Waals surface area (Å²) in [6.07, 6.45) is 0. The van der Waals surface area contributed by atoms with E-state index in [0.29, 0.717) is 32.9 Å². The smallest absolute Gasteiger partial charge is 0.257 e. The van der Waals surface area contributed by atoms with Crippen LogP contribution in [-0.4, -0.2) is 21.1 Å². The Bertz CT molecular complexity index is 1340. The second-order valence-corrected chi connectivity index (χ2v) is 7.98. The van der Waals surface area contributed by atoms with Gasteiger partial charge in [0.2, 0.25) is 5.89 Å². The van der Waals surface area contributed by atoms with Gasteiger partial charge in [0, 0.05) is 11.3 Å². The molecule has 0 aliphatic carbocycles. The van der Waals surface area contributed by atoms with E-state index in [4.69, 9.17) is 39.8 Å². The number of carbonyl (C=O) groups is 1. The maximum atomic E-state index is 12.4. The standard InChI is InChI=1S/C22H15Cl2N3O3S/c1-11-2-7-19-17(8-11)26-21(30-19)14-10-13(4-6-18(14)28)25-22(31)27-20(29)12-3-5-15(23)16(24)9-12/h2-10,28H,1H3,(H2,25,27,29,31). The molecule has 0 unspecified atom stereocenters. The highest BCUT2D eigenvalue weighted by atomic mass is 35.5. The molecule has 9 heteroatoms. The minimum Gasteiger partial charge on any atom is -0.507 e. The number of thiocarbonyl (C=S) groups is 1. The van der Waals surface area contributed by atoms with Gasteiger partial charge in [-0.2, -0.15) is 0 Å². The molecule has 4 aromatic rings. The summed E-state index contributed by atoms with van der Waals surface area (Å²) in [5, 5.41) is 16.5. The predicted molar refractivity (Wildman–Crippen MR) is 126 cm³/mol. The normalized spacial score (nSPS) is 10.8. The lowest BCUT2D eigenvalue weighted by Gasteiger charge is -2.11. The minimum atomic E-state index is -0.440. The first-order chi connectivity index (χ1) is 14.8. The van der Waals surface area contributed by atoms with Crippen LogP contribution in [-0.2, 0) is 0 Å². The van der Waals surface area contributed by atoms with Crippen molar-refractivity contribution in [3.8, 4) is 17.2 Å². The molecule has 0 aliphatic rings. The Morgan fingerprint density at radius 2 is 1.87 bits per heavy atom. The van der Waals surface area contributed by atoms with Gasteiger partial charge in [-0.25, -0.2) is 4.98 Å². The van der Waals surface area contributed by atoms with Crippen molar-refractivity contribution >= 4 is 63.2 Å². The summed E-state index contributed by atoms with van der Waals surface area (Å²) in [5.41, 5.74) is 3.59. The van der Waals surface area contributed by atoms with Crippen molar-refractivity contribution in [2.75, 3.05) is 5.32 Å². The third kappa shape index (κ3) is 4.64. The van der Waals surface area contributed by atoms with E-state index in [1.54, 1.807) is 18.2 Å². The lowest BCUT2D eigenvalue weighted by atomic mass is 10.1. The summed E-state index contributed by atoms with van der Waals surface area (Å²) in [4.78, 5) is 16.8. The van der Waals surface area contributed by atoms with Crippen molar-refractivity contribution in [1.29, 1.82) is 0 Å². The Morgan fingerprint density at radius 1 is 1.06 bits per heavy atom. The van der Waals surface area contributed by atoms with Crippen molar-refractivity contribution in [3.63, 3.8) is 0 Å². The van der Waals surface area contributed by atoms with E-state index in [0.717, 1.165) is 5.56 Å². The zero-order chi connectivity index (χ0) is 22.1. The Hall–Kier alpha value is -3.13. The van der Waals surface area contributed by atoms with Crippen molar-refractivity contribution < 1.29 is 14.3 Å². The van der Waals surface area contributed by atoms with Crippen LogP contribution < -0.4 is 10.6 Å². The van der Waals surface area contributed by atoms with Crippen molar-refractivity contribution in [1.82, 2.24) is 10.3 Å². The van der Waals surface area contributed by atoms with E-state index in [2.05, 4.69) is 15.6 Å². The number of phenols is 1. The van der Waals surface area contributed by atoms with Crippen LogP contribution in [0.5, 0.6) is 5.75 Å². The number of hydrogen-bond acceptors (Lipinski definition) is 5. The van der Waals surface area contributed by atoms with Crippen molar-refractivity contribution in [2.24, 2.45) is 0 Å². The SMILES string of the molecule is Cc1ccc2oc(-c3cc(NC(=S)NC(=O)c4ccc(Cl)c(Cl)c4)ccc3O)nc2c1. The van der Waals surface area contributed by atoms with Gasteiger partial charge >= 0.3 is 0 Å². The first-order valence-corrected chi connectivity index (χ1v) is 10.2. The quantitative estimate of drug-likeness (QED) is 0.253. The van der Waals surface area contributed by atoms with Crippen LogP contribution in [0.1, 0.15) is 15.9 Å². The van der Waals surface area contributed by atoms with E-state index in [9.17, 15) is 9.90 Å². The zero-order valence-electron chi connectivity index (χ0n) is 16.1. The molecule has 3 aromatic carbocycles. The van der Waals surface area contributed by atoms with Gasteiger partial charge < -0.3 is 14.8 Å². The van der Waals surface area contributed by atoms with Crippen LogP contribution in [0.3, 0.4) is 0 Å². The summed E-state index contributed by atoms with van der Waals surface area (Å²) in [7, 11) is 0. The second-order valence-electron chi connectivity index (χ2n) is 6.76. The second kappa shape index (κ2) is 8.55. The van der Waals surface area contributed by atoms with E-state index >= 15 is 0 Å². The van der Waals surface area contributed by atoms with Gasteiger partial charge in [-0.15, -0.1) is 0 Å². The molecule has 4 rings (SSSR count). The molecule has 0 fully saturated rings. The molecule has 1 amide bonds. The van der Waals surface area contributed by atoms with E-state index in [1.807, 2.05) is 25.1 Å². The van der Waals surface area contributed by atoms with Crippen LogP contribution in [0.15, 0.2) is 59.0 Å². The van der Waals surface area contributed by atoms with Crippen LogP contribution in [0.25, 0.3) is 22.6 Å². The third-order valence-corrected chi connectivity index (χ3v) is 5.38. The fourth-order valence-electron chi connectivity index (χ4n) is 2.91. The Labute approximate surface area is 192 Å². The number of phenolic OH excluding ortho intramolecular Hbond substituents is 1. The molecule has 156 valence electrons. The van der Waals surface area contributed by atoms with E-state index in [-0.39, 0.29) is 21.8 Å². The highest BCUT2D eigenvalue weighted by Crippen LogP contribution is 2.33. The number of rotatable bonds is 3. The number of benzene rings is 3. The fraction of sp³-hybridized carbons (Fsp3) is 0.0455. The molecule has 31 heavy (non-hydrogen) atoms. The number of anilines is 1. The summed E-state index contributed by atoms with van der Waals surface area (Å²) >= 11 is 17.1. The molecule has 3 N–H and O–H groups in total. The molecule has 0 bridgehead atoms. The summed E-state index contributed by atoms with van der Waals surface area (Å²) in [6.45, 7) is 1.96. The molecule has 1 heterocycles. The van der Waals surface area contributed by atoms with Crippen molar-refractivity contribution in [2.45, 2.75) is 6.92 Å². The number of nitrogens with one attached hydrogen (secondary N) is 2. The predicted octanol–water partition coefficient (Wildman–Crippen LogP) is 5.94. The number of carbonyl (C=O) groups excluding carboxylic acids is 1. The molecule has 0 spiro atoms. The highest BCUT2D eigenvalue weighted by molar-refractivity contribution is 7.80. The van der Waals surface area contributed by atoms with Gasteiger partial charge in [0.05, 0.1) is 15.6 Å². The zero-order valence-corrected chi connectivity index (χ0v) is 18.4. The Kier molecular flexibility index (Phi) is 5.82. The molecule has 0 aliphatic heterocycles. The number of aromatic hydroxyl groups is 1. The maximum Gasteiger partial charge on any atom is 0.257 e. The molecule has 6 nitrogen and oxygen atoms in total. The van der Waals surface area contributed by atoms with Crippen LogP contribution in [0.2, 0.25) is 10.0 Å². The van der Waals surface area contributed by atoms with E-state index < -0.39 is 5.91 Å². The lowest BCUT2D eigenvalue weighted by Crippen LogP contribution is -2.34. The minimum absolute atomic E-state index is 0.000381. The van der Waals surface area contributed by atoms with Crippen molar-refractivity contribution in [3.05, 3.63) is 75.8 Å². The summed E-state index contributed by atoms with van der Waals surface area (Å²) < 4.78 is 5.77. The van der Waals surface area contributed by atoms with Crippen LogP contribution >= 0.6 is 35.4 Å². The Morgan fingerprint density at radius 3 is 2.65 bits per heavy atom. The highest BCUT2D eigenvalue weighted by Gasteiger charge is 2.15. The molecule has 0 saturated carbocycles. The van der Waals surface area contributed by atoms with Crippen LogP contribution in [0.4, 0.5) is 5.69 Å². The average molecular weight is 472 g/mol. The largest absolute Gasteiger partial charge is 0.507 e. The number of nitrogens with zero attached hydrogens (tertiary/aromatic N) is 1. The lowest BCUT2D eigenvalue weighted by molar-refractivity contribution is 0.0977. The number of halogens is 2. The molecule has 1 aromatic heterocycles. The molecule has 0 saturated heterocycles. The first-order valence-electron chi connectivity index (χ1n) is 9.08. The number of fused-ring (bicyclic) bond motifs is 1. The molecule has 0 atom stereocenters. The number of amides is 1. The molecule has 0 radical (unpaired) electrons. The Balaban J connectivity index is 1.53. The van der Waals surface area contributed by atoms with E-state index in [1.165, 1.54) is 18.2 Å². The van der Waals surface area contributed by atoms with Crippen LogP contribution in [0, 0.1) is 6.92 Å². The van der Waals surface area contributed by atoms with Gasteiger partial charge in [-0.3, -0.25) is 10.1 Å². The summed E-state index contributed by atoms with van der Waals surface area (Å²) in [6, 6.07) is 14.9. The third-order valence-electron chi connectivity index (χ3n) is 4.44. The summed E-state index contributed by atoms with van der Waals surface area (Å²) in [5.74, 6) is -0.170. The monoisotopic (exact) mass is 471 g/mol. The number of hydrogen-bond donors (Lipinski definition) is 3. The average Bonchev–Trinajstić information content (AvgIpc) is 3.14. The number of aryl methyl sites for hydroxylation is 1. The topological polar surface area (TPSA) is 87.4 Å². The first kappa shape index (κ1) is 21.1. The maximum absolute atomic E-state index is 12.4. The van der Waals surface area contributed by atoms with Gasteiger partial charge in [-0.05, 0) is 73.2 Å². The van der Waals surface area contributed by atoms with Gasteiger partial charge in [0.1, 0.15) is 11.3 Å². The van der Waals surface area contributed by atoms with Gasteiger partial charge in [0.25, 0.3) is 5.91 Å². The number of oxazole rings is 1. The molecular weight excluding hydrogens is 457 g/mol.